The number of hydrogen-bond acceptors (Lipinski definition) is 4. The van der Waals surface area contributed by atoms with Gasteiger partial charge in [0.05, 0.1) is 25.1 Å². The molecule has 3 heterocycles. The van der Waals surface area contributed by atoms with Crippen LogP contribution in [0.1, 0.15) is 53.4 Å². The Kier molecular flexibility index (Phi) is 5.43. The zero-order valence-corrected chi connectivity index (χ0v) is 24.7. The van der Waals surface area contributed by atoms with Gasteiger partial charge in [0.2, 0.25) is 0 Å². The normalized spacial score (nSPS) is 29.5. The standard InChI is InChI=1S/C37H33NO4.ClH/c39-29-14-13-26-18-31-37(40-21-23-11-12-24-5-1-2-6-25(24)17-23)19-28-27-7-3-4-8-30(27)41-33(28)35-36(37,32(26)34(29)42-35)15-16-38(31)20-22-9-10-22;/h1-8,11-14,17,22,31,35,39H,9-10,15-16,18-21H2;1H/t31-,35-,36-,37+;/m0./s1. The molecular weight excluding hydrogens is 558 g/mol. The molecule has 3 aliphatic carbocycles. The maximum atomic E-state index is 11.2. The molecule has 1 saturated heterocycles. The van der Waals surface area contributed by atoms with Crippen molar-refractivity contribution in [1.82, 2.24) is 0 Å². The SMILES string of the molecule is Oc1ccc2c3c1O[C@H]1c4oc5ccccc5c4C[C@@]4(OCc5ccc6ccccc6c5)[C@H](C2)[NH+](CC2CC2)CC[C@]314.[Cl-]. The Labute approximate surface area is 256 Å². The smallest absolute Gasteiger partial charge is 0.170 e. The van der Waals surface area contributed by atoms with Gasteiger partial charge < -0.3 is 36.3 Å². The van der Waals surface area contributed by atoms with Crippen molar-refractivity contribution in [3.05, 3.63) is 107 Å². The summed E-state index contributed by atoms with van der Waals surface area (Å²) in [6.45, 7) is 2.85. The lowest BCUT2D eigenvalue weighted by atomic mass is 9.49. The fourth-order valence-corrected chi connectivity index (χ4v) is 9.43. The number of ether oxygens (including phenoxy) is 2. The summed E-state index contributed by atoms with van der Waals surface area (Å²) in [5, 5.41) is 14.8. The second-order valence-corrected chi connectivity index (χ2v) is 13.5. The van der Waals surface area contributed by atoms with Crippen molar-refractivity contribution in [3.63, 3.8) is 0 Å². The molecule has 1 saturated carbocycles. The Bertz CT molecular complexity index is 1930. The lowest BCUT2D eigenvalue weighted by molar-refractivity contribution is -0.944. The summed E-state index contributed by atoms with van der Waals surface area (Å²) in [6.07, 6.45) is 5.06. The Morgan fingerprint density at radius 1 is 0.953 bits per heavy atom. The number of likely N-dealkylation sites (tertiary alicyclic amines) is 1. The third kappa shape index (κ3) is 3.36. The van der Waals surface area contributed by atoms with Crippen molar-refractivity contribution in [2.75, 3.05) is 13.1 Å². The molecule has 2 aliphatic heterocycles. The Morgan fingerprint density at radius 3 is 2.67 bits per heavy atom. The van der Waals surface area contributed by atoms with Gasteiger partial charge in [-0.3, -0.25) is 0 Å². The van der Waals surface area contributed by atoms with E-state index in [1.54, 1.807) is 4.90 Å². The summed E-state index contributed by atoms with van der Waals surface area (Å²) in [5.41, 5.74) is 4.91. The molecular formula is C37H34ClNO4. The van der Waals surface area contributed by atoms with Crippen LogP contribution in [0.2, 0.25) is 0 Å². The van der Waals surface area contributed by atoms with E-state index in [9.17, 15) is 5.11 Å². The summed E-state index contributed by atoms with van der Waals surface area (Å²) in [6, 6.07) is 27.9. The number of piperidine rings is 1. The Hall–Kier alpha value is -3.51. The van der Waals surface area contributed by atoms with Crippen LogP contribution in [-0.2, 0) is 29.6 Å². The molecule has 1 unspecified atom stereocenters. The lowest BCUT2D eigenvalue weighted by Crippen LogP contribution is -3.21. The van der Waals surface area contributed by atoms with Gasteiger partial charge in [0.25, 0.3) is 0 Å². The van der Waals surface area contributed by atoms with Crippen molar-refractivity contribution in [2.45, 2.75) is 61.9 Å². The molecule has 1 spiro atoms. The number of fused-ring (bicyclic) bond motifs is 5. The molecule has 0 radical (unpaired) electrons. The number of quaternary nitrogens is 1. The molecule has 0 amide bonds. The minimum absolute atomic E-state index is 0. The fourth-order valence-electron chi connectivity index (χ4n) is 9.43. The highest BCUT2D eigenvalue weighted by atomic mass is 35.5. The number of phenolic OH excluding ortho intramolecular Hbond substituents is 1. The largest absolute Gasteiger partial charge is 1.00 e. The number of nitrogens with one attached hydrogen (secondary N) is 1. The fraction of sp³-hybridized carbons (Fsp3) is 0.351. The van der Waals surface area contributed by atoms with Crippen LogP contribution >= 0.6 is 0 Å². The quantitative estimate of drug-likeness (QED) is 0.330. The van der Waals surface area contributed by atoms with Crippen LogP contribution in [0.4, 0.5) is 0 Å². The average Bonchev–Trinajstić information content (AvgIpc) is 3.66. The van der Waals surface area contributed by atoms with Crippen LogP contribution in [-0.4, -0.2) is 29.8 Å². The predicted octanol–water partition coefficient (Wildman–Crippen LogP) is 2.80. The van der Waals surface area contributed by atoms with E-state index in [4.69, 9.17) is 13.9 Å². The zero-order valence-electron chi connectivity index (χ0n) is 23.9. The molecule has 6 heteroatoms. The van der Waals surface area contributed by atoms with Gasteiger partial charge in [0, 0.05) is 41.7 Å². The van der Waals surface area contributed by atoms with Gasteiger partial charge in [-0.1, -0.05) is 60.7 Å². The van der Waals surface area contributed by atoms with Gasteiger partial charge in [0.15, 0.2) is 17.6 Å². The molecule has 2 bridgehead atoms. The van der Waals surface area contributed by atoms with Crippen molar-refractivity contribution < 1.29 is 36.3 Å². The number of hydrogen-bond donors (Lipinski definition) is 2. The van der Waals surface area contributed by atoms with Crippen molar-refractivity contribution >= 4 is 21.7 Å². The highest BCUT2D eigenvalue weighted by molar-refractivity contribution is 5.84. The monoisotopic (exact) mass is 591 g/mol. The first-order valence-electron chi connectivity index (χ1n) is 15.6. The van der Waals surface area contributed by atoms with Gasteiger partial charge in [-0.2, -0.15) is 0 Å². The van der Waals surface area contributed by atoms with E-state index in [2.05, 4.69) is 66.7 Å². The van der Waals surface area contributed by atoms with E-state index in [-0.39, 0.29) is 24.3 Å². The van der Waals surface area contributed by atoms with E-state index < -0.39 is 11.0 Å². The Balaban J connectivity index is 0.00000260. The second kappa shape index (κ2) is 9.01. The molecule has 43 heavy (non-hydrogen) atoms. The maximum Gasteiger partial charge on any atom is 0.170 e. The van der Waals surface area contributed by atoms with Crippen molar-refractivity contribution in [3.8, 4) is 11.5 Å². The summed E-state index contributed by atoms with van der Waals surface area (Å²) in [5.74, 6) is 2.63. The number of aromatic hydroxyl groups is 1. The van der Waals surface area contributed by atoms with Crippen LogP contribution in [0.15, 0.2) is 83.3 Å². The van der Waals surface area contributed by atoms with Crippen molar-refractivity contribution in [2.24, 2.45) is 5.92 Å². The van der Waals surface area contributed by atoms with E-state index in [1.807, 2.05) is 12.1 Å². The third-order valence-corrected chi connectivity index (χ3v) is 11.4. The van der Waals surface area contributed by atoms with Crippen LogP contribution < -0.4 is 22.0 Å². The van der Waals surface area contributed by atoms with Gasteiger partial charge in [0.1, 0.15) is 23.0 Å². The number of furan rings is 1. The summed E-state index contributed by atoms with van der Waals surface area (Å²) < 4.78 is 21.1. The van der Waals surface area contributed by atoms with Gasteiger partial charge in [-0.05, 0) is 52.9 Å². The summed E-state index contributed by atoms with van der Waals surface area (Å²) in [7, 11) is 0. The second-order valence-electron chi connectivity index (χ2n) is 13.5. The van der Waals surface area contributed by atoms with E-state index in [0.29, 0.717) is 18.4 Å². The number of halogens is 1. The van der Waals surface area contributed by atoms with E-state index >= 15 is 0 Å². The predicted molar refractivity (Wildman–Crippen MR) is 160 cm³/mol. The Morgan fingerprint density at radius 2 is 1.79 bits per heavy atom. The van der Waals surface area contributed by atoms with Crippen molar-refractivity contribution in [1.29, 1.82) is 0 Å². The lowest BCUT2D eigenvalue weighted by Gasteiger charge is -2.62. The highest BCUT2D eigenvalue weighted by Gasteiger charge is 2.76. The molecule has 2 fully saturated rings. The molecule has 4 aromatic carbocycles. The van der Waals surface area contributed by atoms with Gasteiger partial charge in [-0.25, -0.2) is 0 Å². The molecule has 5 aromatic rings. The molecule has 5 aliphatic rings. The zero-order chi connectivity index (χ0) is 27.6. The van der Waals surface area contributed by atoms with Crippen LogP contribution in [0.25, 0.3) is 21.7 Å². The summed E-state index contributed by atoms with van der Waals surface area (Å²) >= 11 is 0. The number of benzene rings is 4. The molecule has 2 N–H and O–H groups in total. The molecule has 1 aromatic heterocycles. The van der Waals surface area contributed by atoms with E-state index in [0.717, 1.165) is 48.5 Å². The minimum Gasteiger partial charge on any atom is -1.00 e. The number of para-hydroxylation sites is 1. The van der Waals surface area contributed by atoms with Crippen LogP contribution in [0.3, 0.4) is 0 Å². The van der Waals surface area contributed by atoms with Crippen LogP contribution in [0.5, 0.6) is 11.5 Å². The average molecular weight is 592 g/mol. The summed E-state index contributed by atoms with van der Waals surface area (Å²) in [4.78, 5) is 1.68. The molecule has 5 nitrogen and oxygen atoms in total. The van der Waals surface area contributed by atoms with E-state index in [1.165, 1.54) is 52.4 Å². The first-order valence-corrected chi connectivity index (χ1v) is 15.6. The molecule has 218 valence electrons. The van der Waals surface area contributed by atoms with Gasteiger partial charge in [-0.15, -0.1) is 0 Å². The molecule has 5 atom stereocenters. The first-order chi connectivity index (χ1) is 20.6. The highest BCUT2D eigenvalue weighted by Crippen LogP contribution is 2.69. The minimum atomic E-state index is -0.489. The van der Waals surface area contributed by atoms with Crippen LogP contribution in [0, 0.1) is 5.92 Å². The number of rotatable bonds is 5. The molecule has 10 rings (SSSR count). The topological polar surface area (TPSA) is 56.3 Å². The third-order valence-electron chi connectivity index (χ3n) is 11.4. The number of phenols is 1. The maximum absolute atomic E-state index is 11.2. The first kappa shape index (κ1) is 25.9. The van der Waals surface area contributed by atoms with Gasteiger partial charge >= 0.3 is 0 Å².